The van der Waals surface area contributed by atoms with E-state index in [0.717, 1.165) is 5.56 Å². The molecule has 0 unspecified atom stereocenters. The summed E-state index contributed by atoms with van der Waals surface area (Å²) in [6, 6.07) is 6.72. The van der Waals surface area contributed by atoms with Crippen LogP contribution in [0.1, 0.15) is 25.5 Å². The van der Waals surface area contributed by atoms with Crippen LogP contribution in [0.4, 0.5) is 4.79 Å². The molecular weight excluding hydrogens is 272 g/mol. The fourth-order valence-electron chi connectivity index (χ4n) is 3.06. The second-order valence-electron chi connectivity index (χ2n) is 5.41. The molecule has 2 amide bonds. The Morgan fingerprint density at radius 3 is 2.90 bits per heavy atom. The van der Waals surface area contributed by atoms with Gasteiger partial charge < -0.3 is 14.8 Å². The fourth-order valence-corrected chi connectivity index (χ4v) is 3.06. The second-order valence-corrected chi connectivity index (χ2v) is 5.41. The van der Waals surface area contributed by atoms with Crippen molar-refractivity contribution >= 4 is 12.0 Å². The molecule has 1 N–H and O–H groups in total. The lowest BCUT2D eigenvalue weighted by molar-refractivity contribution is -0.175. The number of urea groups is 1. The molecule has 21 heavy (non-hydrogen) atoms. The Kier molecular flexibility index (Phi) is 3.04. The van der Waals surface area contributed by atoms with Gasteiger partial charge in [-0.3, -0.25) is 9.69 Å². The minimum absolute atomic E-state index is 0.266. The normalized spacial score (nSPS) is 30.0. The molecule has 2 aliphatic rings. The maximum Gasteiger partial charge on any atom is 0.320 e. The summed E-state index contributed by atoms with van der Waals surface area (Å²) in [7, 11) is 1.62. The van der Waals surface area contributed by atoms with E-state index in [1.807, 2.05) is 24.3 Å². The first-order valence-corrected chi connectivity index (χ1v) is 6.98. The van der Waals surface area contributed by atoms with E-state index in [1.54, 1.807) is 20.9 Å². The predicted octanol–water partition coefficient (Wildman–Crippen LogP) is 1.67. The van der Waals surface area contributed by atoms with Gasteiger partial charge in [-0.1, -0.05) is 18.2 Å². The highest BCUT2D eigenvalue weighted by Gasteiger charge is 2.59. The van der Waals surface area contributed by atoms with Gasteiger partial charge in [-0.25, -0.2) is 4.79 Å². The number of carbonyl (C=O) groups excluding carboxylic acids is 2. The van der Waals surface area contributed by atoms with Gasteiger partial charge in [-0.2, -0.15) is 0 Å². The molecule has 3 rings (SSSR count). The van der Waals surface area contributed by atoms with Crippen LogP contribution in [0.5, 0.6) is 5.75 Å². The Labute approximate surface area is 123 Å². The van der Waals surface area contributed by atoms with Gasteiger partial charge in [0.2, 0.25) is 0 Å². The van der Waals surface area contributed by atoms with Crippen molar-refractivity contribution in [3.05, 3.63) is 29.8 Å². The van der Waals surface area contributed by atoms with Crippen molar-refractivity contribution in [2.75, 3.05) is 13.7 Å². The van der Waals surface area contributed by atoms with Crippen LogP contribution in [0.15, 0.2) is 24.3 Å². The summed E-state index contributed by atoms with van der Waals surface area (Å²) in [6.07, 6.45) is 0. The van der Waals surface area contributed by atoms with Crippen molar-refractivity contribution < 1.29 is 19.1 Å². The standard InChI is InChI=1S/C15H18N2O4/c1-4-20-13(18)11-12-9-7-5-6-8-10(9)21-15(11,2)17(3)14(19)16-12/h5-8,11-12H,4H2,1-3H3,(H,16,19)/t11-,12+,15-/m0/s1. The minimum Gasteiger partial charge on any atom is -0.467 e. The van der Waals surface area contributed by atoms with Gasteiger partial charge >= 0.3 is 12.0 Å². The minimum atomic E-state index is -1.06. The first kappa shape index (κ1) is 13.7. The molecule has 1 aromatic rings. The van der Waals surface area contributed by atoms with E-state index in [4.69, 9.17) is 9.47 Å². The number of fused-ring (bicyclic) bond motifs is 4. The zero-order valence-corrected chi connectivity index (χ0v) is 12.3. The summed E-state index contributed by atoms with van der Waals surface area (Å²) in [5.41, 5.74) is -0.261. The largest absolute Gasteiger partial charge is 0.467 e. The van der Waals surface area contributed by atoms with Crippen LogP contribution in [0.25, 0.3) is 0 Å². The third-order valence-electron chi connectivity index (χ3n) is 4.27. The van der Waals surface area contributed by atoms with E-state index in [-0.39, 0.29) is 18.6 Å². The zero-order valence-electron chi connectivity index (χ0n) is 12.3. The molecule has 2 heterocycles. The number of hydrogen-bond acceptors (Lipinski definition) is 4. The van der Waals surface area contributed by atoms with Crippen molar-refractivity contribution in [2.45, 2.75) is 25.6 Å². The molecule has 1 saturated heterocycles. The summed E-state index contributed by atoms with van der Waals surface area (Å²) in [5, 5.41) is 2.87. The van der Waals surface area contributed by atoms with Gasteiger partial charge in [0, 0.05) is 12.6 Å². The molecule has 2 aliphatic heterocycles. The maximum absolute atomic E-state index is 12.4. The maximum atomic E-state index is 12.4. The number of para-hydroxylation sites is 1. The summed E-state index contributed by atoms with van der Waals surface area (Å²) in [6.45, 7) is 3.80. The fraction of sp³-hybridized carbons (Fsp3) is 0.467. The molecule has 6 heteroatoms. The first-order valence-electron chi connectivity index (χ1n) is 6.98. The highest BCUT2D eigenvalue weighted by Crippen LogP contribution is 2.47. The van der Waals surface area contributed by atoms with Gasteiger partial charge in [0.1, 0.15) is 11.7 Å². The van der Waals surface area contributed by atoms with Crippen LogP contribution in [0.2, 0.25) is 0 Å². The van der Waals surface area contributed by atoms with E-state index in [9.17, 15) is 9.59 Å². The van der Waals surface area contributed by atoms with Gasteiger partial charge in [0.05, 0.1) is 12.6 Å². The Hall–Kier alpha value is -2.24. The number of nitrogens with one attached hydrogen (secondary N) is 1. The Bertz CT molecular complexity index is 603. The number of hydrogen-bond donors (Lipinski definition) is 1. The van der Waals surface area contributed by atoms with Crippen molar-refractivity contribution in [1.29, 1.82) is 0 Å². The molecule has 0 spiro atoms. The monoisotopic (exact) mass is 290 g/mol. The lowest BCUT2D eigenvalue weighted by atomic mass is 9.79. The summed E-state index contributed by atoms with van der Waals surface area (Å²) in [4.78, 5) is 25.9. The van der Waals surface area contributed by atoms with Crippen molar-refractivity contribution in [2.24, 2.45) is 5.92 Å². The molecular formula is C15H18N2O4. The van der Waals surface area contributed by atoms with Crippen LogP contribution < -0.4 is 10.1 Å². The van der Waals surface area contributed by atoms with Gasteiger partial charge in [-0.05, 0) is 19.9 Å². The third-order valence-corrected chi connectivity index (χ3v) is 4.27. The molecule has 0 aliphatic carbocycles. The summed E-state index contributed by atoms with van der Waals surface area (Å²) >= 11 is 0. The molecule has 1 fully saturated rings. The van der Waals surface area contributed by atoms with Gasteiger partial charge in [0.15, 0.2) is 5.72 Å². The van der Waals surface area contributed by atoms with Crippen LogP contribution in [0.3, 0.4) is 0 Å². The van der Waals surface area contributed by atoms with E-state index in [1.165, 1.54) is 4.90 Å². The predicted molar refractivity (Wildman–Crippen MR) is 74.6 cm³/mol. The third kappa shape index (κ3) is 1.86. The number of carbonyl (C=O) groups is 2. The highest BCUT2D eigenvalue weighted by molar-refractivity contribution is 5.84. The average Bonchev–Trinajstić information content (AvgIpc) is 2.45. The number of rotatable bonds is 2. The topological polar surface area (TPSA) is 67.9 Å². The van der Waals surface area contributed by atoms with Gasteiger partial charge in [0.25, 0.3) is 0 Å². The van der Waals surface area contributed by atoms with Crippen molar-refractivity contribution in [1.82, 2.24) is 10.2 Å². The van der Waals surface area contributed by atoms with Crippen LogP contribution in [-0.4, -0.2) is 36.3 Å². The smallest absolute Gasteiger partial charge is 0.320 e. The van der Waals surface area contributed by atoms with Crippen LogP contribution in [0, 0.1) is 5.92 Å². The number of esters is 1. The first-order chi connectivity index (χ1) is 9.99. The molecule has 0 radical (unpaired) electrons. The lowest BCUT2D eigenvalue weighted by Gasteiger charge is -2.53. The van der Waals surface area contributed by atoms with Crippen LogP contribution in [-0.2, 0) is 9.53 Å². The van der Waals surface area contributed by atoms with Crippen LogP contribution >= 0.6 is 0 Å². The van der Waals surface area contributed by atoms with Crippen molar-refractivity contribution in [3.63, 3.8) is 0 Å². The van der Waals surface area contributed by atoms with E-state index >= 15 is 0 Å². The quantitative estimate of drug-likeness (QED) is 0.841. The lowest BCUT2D eigenvalue weighted by Crippen LogP contribution is -2.70. The SMILES string of the molecule is CCOC(=O)[C@@H]1[C@@H]2NC(=O)N(C)[C@@]1(C)Oc1ccccc12. The molecule has 2 bridgehead atoms. The van der Waals surface area contributed by atoms with Crippen molar-refractivity contribution in [3.8, 4) is 5.75 Å². The molecule has 0 saturated carbocycles. The second kappa shape index (κ2) is 4.65. The number of nitrogens with zero attached hydrogens (tertiary/aromatic N) is 1. The Morgan fingerprint density at radius 2 is 2.19 bits per heavy atom. The Morgan fingerprint density at radius 1 is 1.48 bits per heavy atom. The number of benzene rings is 1. The molecule has 112 valence electrons. The summed E-state index contributed by atoms with van der Waals surface area (Å²) in [5.74, 6) is -0.307. The number of amides is 2. The van der Waals surface area contributed by atoms with E-state index in [0.29, 0.717) is 5.75 Å². The molecule has 0 aromatic heterocycles. The molecule has 6 nitrogen and oxygen atoms in total. The molecule has 1 aromatic carbocycles. The van der Waals surface area contributed by atoms with E-state index in [2.05, 4.69) is 5.32 Å². The average molecular weight is 290 g/mol. The van der Waals surface area contributed by atoms with E-state index < -0.39 is 17.7 Å². The number of ether oxygens (including phenoxy) is 2. The highest BCUT2D eigenvalue weighted by atomic mass is 16.5. The molecule has 3 atom stereocenters. The van der Waals surface area contributed by atoms with Gasteiger partial charge in [-0.15, -0.1) is 0 Å². The zero-order chi connectivity index (χ0) is 15.2. The Balaban J connectivity index is 2.13. The summed E-state index contributed by atoms with van der Waals surface area (Å²) < 4.78 is 11.2.